The molecule has 3 nitrogen and oxygen atoms in total. The molecule has 6 heteroatoms. The molecule has 14 heavy (non-hydrogen) atoms. The molecule has 0 aliphatic carbocycles. The Balaban J connectivity index is 2.17. The molecule has 0 N–H and O–H groups in total. The molecule has 0 saturated carbocycles. The minimum atomic E-state index is -1.44. The van der Waals surface area contributed by atoms with Crippen LogP contribution in [0.25, 0.3) is 0 Å². The van der Waals surface area contributed by atoms with Gasteiger partial charge in [-0.05, 0) is 17.7 Å². The van der Waals surface area contributed by atoms with Crippen LogP contribution in [-0.4, -0.2) is 35.4 Å². The monoisotopic (exact) mass is 219 g/mol. The minimum absolute atomic E-state index is 0.0223. The summed E-state index contributed by atoms with van der Waals surface area (Å²) in [6.45, 7) is 0.0447. The van der Waals surface area contributed by atoms with Gasteiger partial charge in [-0.25, -0.2) is 18.7 Å². The van der Waals surface area contributed by atoms with Gasteiger partial charge in [-0.3, -0.25) is 0 Å². The zero-order valence-electron chi connectivity index (χ0n) is 7.20. The number of hydrogen-bond acceptors (Lipinski definition) is 3. The summed E-state index contributed by atoms with van der Waals surface area (Å²) in [4.78, 5) is 9.08. The fourth-order valence-electron chi connectivity index (χ4n) is 1.41. The summed E-state index contributed by atoms with van der Waals surface area (Å²) >= 11 is 5.56. The topological polar surface area (TPSA) is 29.0 Å². The van der Waals surface area contributed by atoms with Crippen LogP contribution in [0.4, 0.5) is 14.6 Å². The molecular formula is C8H8ClF2N3. The van der Waals surface area contributed by atoms with Crippen LogP contribution >= 0.6 is 11.6 Å². The van der Waals surface area contributed by atoms with Gasteiger partial charge in [0.05, 0.1) is 13.1 Å². The van der Waals surface area contributed by atoms with Crippen LogP contribution in [-0.2, 0) is 0 Å². The quantitative estimate of drug-likeness (QED) is 0.673. The average molecular weight is 220 g/mol. The number of anilines is 1. The number of aromatic nitrogens is 2. The molecule has 0 bridgehead atoms. The SMILES string of the molecule is F[C@H]1CN(c2ccnc(Cl)n2)C[C@@H]1F. The third kappa shape index (κ3) is 1.77. The smallest absolute Gasteiger partial charge is 0.224 e. The van der Waals surface area contributed by atoms with Crippen LogP contribution in [0.3, 0.4) is 0 Å². The highest BCUT2D eigenvalue weighted by Crippen LogP contribution is 2.22. The van der Waals surface area contributed by atoms with Crippen molar-refractivity contribution in [2.45, 2.75) is 12.3 Å². The van der Waals surface area contributed by atoms with E-state index in [1.807, 2.05) is 0 Å². The van der Waals surface area contributed by atoms with Gasteiger partial charge in [0.2, 0.25) is 5.28 Å². The molecule has 76 valence electrons. The van der Waals surface area contributed by atoms with Crippen molar-refractivity contribution in [3.8, 4) is 0 Å². The van der Waals surface area contributed by atoms with E-state index in [1.54, 1.807) is 6.07 Å². The van der Waals surface area contributed by atoms with E-state index in [4.69, 9.17) is 11.6 Å². The maximum Gasteiger partial charge on any atom is 0.224 e. The third-order valence-corrected chi connectivity index (χ3v) is 2.30. The molecule has 1 aromatic rings. The second-order valence-corrected chi connectivity index (χ2v) is 3.46. The van der Waals surface area contributed by atoms with Gasteiger partial charge in [0.25, 0.3) is 0 Å². The molecule has 0 aromatic carbocycles. The van der Waals surface area contributed by atoms with Gasteiger partial charge < -0.3 is 4.90 Å². The molecule has 0 radical (unpaired) electrons. The molecule has 0 amide bonds. The molecule has 0 unspecified atom stereocenters. The molecule has 1 fully saturated rings. The molecule has 0 spiro atoms. The Morgan fingerprint density at radius 2 is 2.00 bits per heavy atom. The lowest BCUT2D eigenvalue weighted by Gasteiger charge is -2.15. The molecule has 1 saturated heterocycles. The predicted octanol–water partition coefficient (Wildman–Crippen LogP) is 1.63. The summed E-state index contributed by atoms with van der Waals surface area (Å²) in [5.41, 5.74) is 0. The predicted molar refractivity (Wildman–Crippen MR) is 49.0 cm³/mol. The lowest BCUT2D eigenvalue weighted by molar-refractivity contribution is 0.217. The summed E-state index contributed by atoms with van der Waals surface area (Å²) in [6, 6.07) is 1.58. The summed E-state index contributed by atoms with van der Waals surface area (Å²) in [7, 11) is 0. The average Bonchev–Trinajstić information content (AvgIpc) is 2.47. The Morgan fingerprint density at radius 3 is 2.57 bits per heavy atom. The summed E-state index contributed by atoms with van der Waals surface area (Å²) < 4.78 is 25.7. The zero-order chi connectivity index (χ0) is 10.1. The van der Waals surface area contributed by atoms with Crippen LogP contribution < -0.4 is 4.90 Å². The van der Waals surface area contributed by atoms with Crippen molar-refractivity contribution < 1.29 is 8.78 Å². The van der Waals surface area contributed by atoms with Crippen molar-refractivity contribution in [2.24, 2.45) is 0 Å². The first-order valence-corrected chi connectivity index (χ1v) is 4.56. The summed E-state index contributed by atoms with van der Waals surface area (Å²) in [5, 5.41) is 0.0835. The third-order valence-electron chi connectivity index (χ3n) is 2.12. The highest BCUT2D eigenvalue weighted by atomic mass is 35.5. The molecule has 2 rings (SSSR count). The van der Waals surface area contributed by atoms with Crippen molar-refractivity contribution >= 4 is 17.4 Å². The lowest BCUT2D eigenvalue weighted by Crippen LogP contribution is -2.21. The highest BCUT2D eigenvalue weighted by molar-refractivity contribution is 6.28. The summed E-state index contributed by atoms with van der Waals surface area (Å²) in [5.74, 6) is 0.466. The first-order valence-electron chi connectivity index (χ1n) is 4.18. The number of alkyl halides is 2. The molecular weight excluding hydrogens is 212 g/mol. The Bertz CT molecular complexity index is 326. The van der Waals surface area contributed by atoms with Crippen molar-refractivity contribution in [2.75, 3.05) is 18.0 Å². The Hall–Kier alpha value is -0.970. The highest BCUT2D eigenvalue weighted by Gasteiger charge is 2.33. The van der Waals surface area contributed by atoms with Crippen molar-refractivity contribution in [3.05, 3.63) is 17.5 Å². The molecule has 2 heterocycles. The largest absolute Gasteiger partial charge is 0.350 e. The van der Waals surface area contributed by atoms with E-state index < -0.39 is 12.3 Å². The zero-order valence-corrected chi connectivity index (χ0v) is 7.96. The van der Waals surface area contributed by atoms with Gasteiger partial charge in [0.1, 0.15) is 5.82 Å². The molecule has 1 aliphatic heterocycles. The van der Waals surface area contributed by atoms with Crippen LogP contribution in [0.5, 0.6) is 0 Å². The Labute approximate surface area is 84.7 Å². The van der Waals surface area contributed by atoms with E-state index >= 15 is 0 Å². The van der Waals surface area contributed by atoms with Gasteiger partial charge in [0, 0.05) is 6.20 Å². The fraction of sp³-hybridized carbons (Fsp3) is 0.500. The first-order chi connectivity index (χ1) is 6.66. The fourth-order valence-corrected chi connectivity index (χ4v) is 1.56. The van der Waals surface area contributed by atoms with E-state index in [0.29, 0.717) is 5.82 Å². The van der Waals surface area contributed by atoms with Crippen molar-refractivity contribution in [3.63, 3.8) is 0 Å². The van der Waals surface area contributed by atoms with Crippen molar-refractivity contribution in [1.82, 2.24) is 9.97 Å². The van der Waals surface area contributed by atoms with Gasteiger partial charge in [0.15, 0.2) is 12.3 Å². The van der Waals surface area contributed by atoms with E-state index in [-0.39, 0.29) is 18.4 Å². The van der Waals surface area contributed by atoms with E-state index in [0.717, 1.165) is 0 Å². The maximum absolute atomic E-state index is 12.9. The second kappa shape index (κ2) is 3.65. The molecule has 2 atom stereocenters. The number of halogens is 3. The van der Waals surface area contributed by atoms with Crippen molar-refractivity contribution in [1.29, 1.82) is 0 Å². The summed E-state index contributed by atoms with van der Waals surface area (Å²) in [6.07, 6.45) is -1.42. The van der Waals surface area contributed by atoms with E-state index in [2.05, 4.69) is 9.97 Å². The number of rotatable bonds is 1. The molecule has 1 aliphatic rings. The Kier molecular flexibility index (Phi) is 2.50. The van der Waals surface area contributed by atoms with E-state index in [1.165, 1.54) is 11.1 Å². The van der Waals surface area contributed by atoms with Crippen LogP contribution in [0.2, 0.25) is 5.28 Å². The van der Waals surface area contributed by atoms with Crippen LogP contribution in [0.1, 0.15) is 0 Å². The van der Waals surface area contributed by atoms with E-state index in [9.17, 15) is 8.78 Å². The first kappa shape index (κ1) is 9.58. The molecule has 1 aromatic heterocycles. The normalized spacial score (nSPS) is 26.9. The van der Waals surface area contributed by atoms with Gasteiger partial charge in [-0.1, -0.05) is 0 Å². The van der Waals surface area contributed by atoms with Crippen LogP contribution in [0, 0.1) is 0 Å². The maximum atomic E-state index is 12.9. The second-order valence-electron chi connectivity index (χ2n) is 3.12. The Morgan fingerprint density at radius 1 is 1.36 bits per heavy atom. The van der Waals surface area contributed by atoms with Gasteiger partial charge in [-0.15, -0.1) is 0 Å². The lowest BCUT2D eigenvalue weighted by atomic mass is 10.3. The van der Waals surface area contributed by atoms with Gasteiger partial charge in [-0.2, -0.15) is 0 Å². The standard InChI is InChI=1S/C8H8ClF2N3/c9-8-12-2-1-7(13-8)14-3-5(10)6(11)4-14/h1-2,5-6H,3-4H2/t5-,6-/m0/s1. The number of hydrogen-bond donors (Lipinski definition) is 0. The minimum Gasteiger partial charge on any atom is -0.350 e. The number of nitrogens with zero attached hydrogens (tertiary/aromatic N) is 3. The van der Waals surface area contributed by atoms with Crippen LogP contribution in [0.15, 0.2) is 12.3 Å². The van der Waals surface area contributed by atoms with Gasteiger partial charge >= 0.3 is 0 Å².